The number of hydrogen-bond donors (Lipinski definition) is 4. The average molecular weight is 526 g/mol. The van der Waals surface area contributed by atoms with Gasteiger partial charge in [-0.05, 0) is 55.9 Å². The SMILES string of the molecule is CC(C)(C)OC(=O)NCCCCNC(=O)C[C@H](NC(=O)OCC1c2ccccc2-c2ccccc21)C(=O)O. The zero-order valence-electron chi connectivity index (χ0n) is 21.9. The molecule has 0 fully saturated rings. The van der Waals surface area contributed by atoms with E-state index < -0.39 is 42.1 Å². The topological polar surface area (TPSA) is 143 Å². The normalized spacial score (nSPS) is 13.0. The van der Waals surface area contributed by atoms with E-state index in [0.29, 0.717) is 25.9 Å². The van der Waals surface area contributed by atoms with Gasteiger partial charge in [0.25, 0.3) is 0 Å². The number of hydrogen-bond acceptors (Lipinski definition) is 6. The first-order valence-corrected chi connectivity index (χ1v) is 12.6. The molecule has 0 saturated carbocycles. The molecule has 10 nitrogen and oxygen atoms in total. The Morgan fingerprint density at radius 3 is 1.97 bits per heavy atom. The van der Waals surface area contributed by atoms with E-state index in [1.54, 1.807) is 20.8 Å². The molecule has 1 aliphatic rings. The van der Waals surface area contributed by atoms with E-state index in [2.05, 4.69) is 16.0 Å². The number of rotatable bonds is 11. The number of aliphatic carboxylic acids is 1. The lowest BCUT2D eigenvalue weighted by Crippen LogP contribution is -2.44. The van der Waals surface area contributed by atoms with Gasteiger partial charge in [0.1, 0.15) is 18.2 Å². The third-order valence-electron chi connectivity index (χ3n) is 5.92. The molecule has 10 heteroatoms. The third kappa shape index (κ3) is 8.22. The highest BCUT2D eigenvalue weighted by molar-refractivity contribution is 5.87. The fourth-order valence-corrected chi connectivity index (χ4v) is 4.22. The van der Waals surface area contributed by atoms with Crippen LogP contribution >= 0.6 is 0 Å². The van der Waals surface area contributed by atoms with Crippen molar-refractivity contribution in [2.75, 3.05) is 19.7 Å². The molecule has 2 aromatic rings. The van der Waals surface area contributed by atoms with Crippen LogP contribution in [0.2, 0.25) is 0 Å². The van der Waals surface area contributed by atoms with E-state index in [0.717, 1.165) is 22.3 Å². The monoisotopic (exact) mass is 525 g/mol. The summed E-state index contributed by atoms with van der Waals surface area (Å²) in [5.41, 5.74) is 3.66. The molecule has 0 heterocycles. The number of carbonyl (C=O) groups is 4. The van der Waals surface area contributed by atoms with Crippen LogP contribution < -0.4 is 16.0 Å². The van der Waals surface area contributed by atoms with E-state index in [1.807, 2.05) is 48.5 Å². The maximum atomic E-state index is 12.4. The van der Waals surface area contributed by atoms with E-state index in [4.69, 9.17) is 9.47 Å². The molecule has 1 aliphatic carbocycles. The number of alkyl carbamates (subject to hydrolysis) is 2. The van der Waals surface area contributed by atoms with Crippen LogP contribution in [0.4, 0.5) is 9.59 Å². The smallest absolute Gasteiger partial charge is 0.407 e. The summed E-state index contributed by atoms with van der Waals surface area (Å²) >= 11 is 0. The van der Waals surface area contributed by atoms with Gasteiger partial charge in [0, 0.05) is 19.0 Å². The van der Waals surface area contributed by atoms with E-state index in [1.165, 1.54) is 0 Å². The van der Waals surface area contributed by atoms with Crippen LogP contribution in [0.25, 0.3) is 11.1 Å². The maximum Gasteiger partial charge on any atom is 0.407 e. The molecule has 3 rings (SSSR count). The Labute approximate surface area is 222 Å². The number of carboxylic acid groups (broad SMARTS) is 1. The van der Waals surface area contributed by atoms with Crippen LogP contribution in [0, 0.1) is 0 Å². The first kappa shape index (κ1) is 28.5. The lowest BCUT2D eigenvalue weighted by atomic mass is 9.98. The quantitative estimate of drug-likeness (QED) is 0.327. The van der Waals surface area contributed by atoms with Crippen LogP contribution in [0.5, 0.6) is 0 Å². The van der Waals surface area contributed by atoms with Gasteiger partial charge in [-0.1, -0.05) is 48.5 Å². The first-order valence-electron chi connectivity index (χ1n) is 12.6. The third-order valence-corrected chi connectivity index (χ3v) is 5.92. The summed E-state index contributed by atoms with van der Waals surface area (Å²) in [4.78, 5) is 47.9. The van der Waals surface area contributed by atoms with E-state index in [9.17, 15) is 24.3 Å². The van der Waals surface area contributed by atoms with Crippen LogP contribution in [-0.4, -0.2) is 60.5 Å². The molecule has 38 heavy (non-hydrogen) atoms. The Bertz CT molecular complexity index is 1110. The number of fused-ring (bicyclic) bond motifs is 3. The number of nitrogens with one attached hydrogen (secondary N) is 3. The van der Waals surface area contributed by atoms with Crippen molar-refractivity contribution in [1.82, 2.24) is 16.0 Å². The average Bonchev–Trinajstić information content (AvgIpc) is 3.17. The van der Waals surface area contributed by atoms with Crippen molar-refractivity contribution < 1.29 is 33.8 Å². The molecule has 4 N–H and O–H groups in total. The highest BCUT2D eigenvalue weighted by Gasteiger charge is 2.30. The fraction of sp³-hybridized carbons (Fsp3) is 0.429. The molecular formula is C28H35N3O7. The molecule has 0 saturated heterocycles. The summed E-state index contributed by atoms with van der Waals surface area (Å²) in [6.07, 6.45) is -0.681. The minimum absolute atomic E-state index is 0.0374. The molecule has 0 aromatic heterocycles. The molecule has 204 valence electrons. The summed E-state index contributed by atoms with van der Waals surface area (Å²) in [5, 5.41) is 17.0. The Hall–Kier alpha value is -4.08. The molecule has 1 atom stereocenters. The first-order chi connectivity index (χ1) is 18.0. The van der Waals surface area contributed by atoms with Gasteiger partial charge in [-0.25, -0.2) is 14.4 Å². The van der Waals surface area contributed by atoms with Gasteiger partial charge in [0.15, 0.2) is 0 Å². The Kier molecular flexibility index (Phi) is 9.70. The van der Waals surface area contributed by atoms with Gasteiger partial charge >= 0.3 is 18.2 Å². The van der Waals surface area contributed by atoms with Crippen molar-refractivity contribution in [3.05, 3.63) is 59.7 Å². The predicted octanol–water partition coefficient (Wildman–Crippen LogP) is 3.79. The fourth-order valence-electron chi connectivity index (χ4n) is 4.22. The number of unbranched alkanes of at least 4 members (excludes halogenated alkanes) is 1. The number of carboxylic acids is 1. The lowest BCUT2D eigenvalue weighted by Gasteiger charge is -2.19. The van der Waals surface area contributed by atoms with Gasteiger partial charge in [-0.2, -0.15) is 0 Å². The van der Waals surface area contributed by atoms with E-state index in [-0.39, 0.29) is 12.5 Å². The molecule has 0 radical (unpaired) electrons. The van der Waals surface area contributed by atoms with Crippen LogP contribution in [0.1, 0.15) is 57.1 Å². The van der Waals surface area contributed by atoms with Crippen LogP contribution in [0.3, 0.4) is 0 Å². The van der Waals surface area contributed by atoms with Crippen molar-refractivity contribution in [2.45, 2.75) is 57.6 Å². The van der Waals surface area contributed by atoms with Crippen molar-refractivity contribution in [3.8, 4) is 11.1 Å². The summed E-state index contributed by atoms with van der Waals surface area (Å²) in [6.45, 7) is 6.03. The zero-order chi connectivity index (χ0) is 27.7. The molecule has 2 aromatic carbocycles. The minimum Gasteiger partial charge on any atom is -0.480 e. The second-order valence-corrected chi connectivity index (χ2v) is 10.1. The summed E-state index contributed by atoms with van der Waals surface area (Å²) in [6, 6.07) is 14.3. The molecule has 0 spiro atoms. The largest absolute Gasteiger partial charge is 0.480 e. The van der Waals surface area contributed by atoms with Crippen molar-refractivity contribution in [3.63, 3.8) is 0 Å². The lowest BCUT2D eigenvalue weighted by molar-refractivity contribution is -0.141. The van der Waals surface area contributed by atoms with Crippen molar-refractivity contribution in [1.29, 1.82) is 0 Å². The summed E-state index contributed by atoms with van der Waals surface area (Å²) in [5.74, 6) is -2.02. The van der Waals surface area contributed by atoms with Crippen molar-refractivity contribution >= 4 is 24.1 Å². The number of benzene rings is 2. The number of carbonyl (C=O) groups excluding carboxylic acids is 3. The highest BCUT2D eigenvalue weighted by Crippen LogP contribution is 2.44. The number of ether oxygens (including phenoxy) is 2. The zero-order valence-corrected chi connectivity index (χ0v) is 21.9. The van der Waals surface area contributed by atoms with Gasteiger partial charge in [0.05, 0.1) is 6.42 Å². The Balaban J connectivity index is 1.40. The minimum atomic E-state index is -1.43. The Morgan fingerprint density at radius 1 is 0.868 bits per heavy atom. The van der Waals surface area contributed by atoms with Crippen LogP contribution in [0.15, 0.2) is 48.5 Å². The van der Waals surface area contributed by atoms with Gasteiger partial charge in [0.2, 0.25) is 5.91 Å². The van der Waals surface area contributed by atoms with Crippen molar-refractivity contribution in [2.24, 2.45) is 0 Å². The predicted molar refractivity (Wildman–Crippen MR) is 141 cm³/mol. The summed E-state index contributed by atoms with van der Waals surface area (Å²) < 4.78 is 10.5. The summed E-state index contributed by atoms with van der Waals surface area (Å²) in [7, 11) is 0. The number of amides is 3. The van der Waals surface area contributed by atoms with Gasteiger partial charge in [-0.3, -0.25) is 4.79 Å². The maximum absolute atomic E-state index is 12.4. The van der Waals surface area contributed by atoms with Gasteiger partial charge in [-0.15, -0.1) is 0 Å². The second-order valence-electron chi connectivity index (χ2n) is 10.1. The van der Waals surface area contributed by atoms with E-state index >= 15 is 0 Å². The molecule has 3 amide bonds. The second kappa shape index (κ2) is 12.9. The Morgan fingerprint density at radius 2 is 1.42 bits per heavy atom. The van der Waals surface area contributed by atoms with Gasteiger partial charge < -0.3 is 30.5 Å². The molecular weight excluding hydrogens is 490 g/mol. The standard InChI is InChI=1S/C28H35N3O7/c1-28(2,3)38-26(35)30-15-9-8-14-29-24(32)16-23(25(33)34)31-27(36)37-17-22-20-12-6-4-10-18(20)19-11-5-7-13-21(19)22/h4-7,10-13,22-23H,8-9,14-17H2,1-3H3,(H,29,32)(H,30,35)(H,31,36)(H,33,34)/t23-/m0/s1. The molecule has 0 aliphatic heterocycles. The van der Waals surface area contributed by atoms with Crippen LogP contribution in [-0.2, 0) is 19.1 Å². The highest BCUT2D eigenvalue weighted by atomic mass is 16.6. The molecule has 0 unspecified atom stereocenters. The molecule has 0 bridgehead atoms.